The first-order valence-corrected chi connectivity index (χ1v) is 14.3. The quantitative estimate of drug-likeness (QED) is 0.307. The maximum Gasteiger partial charge on any atom is 0.251 e. The van der Waals surface area contributed by atoms with E-state index in [1.165, 1.54) is 17.3 Å². The third-order valence-corrected chi connectivity index (χ3v) is 7.23. The molecule has 1 aromatic heterocycles. The summed E-state index contributed by atoms with van der Waals surface area (Å²) in [5.41, 5.74) is 2.54. The molecule has 0 aliphatic heterocycles. The maximum atomic E-state index is 13.0. The van der Waals surface area contributed by atoms with Crippen molar-refractivity contribution in [1.82, 2.24) is 20.1 Å². The maximum absolute atomic E-state index is 13.0. The van der Waals surface area contributed by atoms with Crippen molar-refractivity contribution in [1.29, 1.82) is 0 Å². The molecule has 3 aromatic rings. The third-order valence-electron chi connectivity index (χ3n) is 5.62. The van der Waals surface area contributed by atoms with Crippen molar-refractivity contribution in [2.45, 2.75) is 44.4 Å². The minimum Gasteiger partial charge on any atom is -0.497 e. The summed E-state index contributed by atoms with van der Waals surface area (Å²) < 4.78 is 7.15. The largest absolute Gasteiger partial charge is 0.497 e. The van der Waals surface area contributed by atoms with Crippen LogP contribution in [0.1, 0.15) is 48.1 Å². The lowest BCUT2D eigenvalue weighted by atomic mass is 10.1. The fourth-order valence-corrected chi connectivity index (χ4v) is 4.88. The normalized spacial score (nSPS) is 11.7. The van der Waals surface area contributed by atoms with Crippen molar-refractivity contribution < 1.29 is 14.3 Å². The van der Waals surface area contributed by atoms with E-state index in [1.807, 2.05) is 42.0 Å². The zero-order valence-corrected chi connectivity index (χ0v) is 22.7. The lowest BCUT2D eigenvalue weighted by Crippen LogP contribution is -2.31. The van der Waals surface area contributed by atoms with Crippen LogP contribution in [-0.2, 0) is 17.8 Å². The minimum atomic E-state index is -0.306. The van der Waals surface area contributed by atoms with E-state index in [0.29, 0.717) is 35.3 Å². The van der Waals surface area contributed by atoms with Crippen molar-refractivity contribution in [2.75, 3.05) is 30.2 Å². The second-order valence-corrected chi connectivity index (χ2v) is 9.94. The molecule has 10 heteroatoms. The number of thioether (sulfide) groups is 2. The topological polar surface area (TPSA) is 98.1 Å². The van der Waals surface area contributed by atoms with Crippen LogP contribution in [0, 0.1) is 0 Å². The predicted molar refractivity (Wildman–Crippen MR) is 147 cm³/mol. The van der Waals surface area contributed by atoms with Gasteiger partial charge in [0.25, 0.3) is 5.91 Å². The first-order valence-electron chi connectivity index (χ1n) is 11.9. The predicted octanol–water partition coefficient (Wildman–Crippen LogP) is 4.82. The van der Waals surface area contributed by atoms with E-state index in [1.54, 1.807) is 43.1 Å². The molecule has 0 aliphatic rings. The number of anilines is 1. The fourth-order valence-electron chi connectivity index (χ4n) is 3.60. The highest BCUT2D eigenvalue weighted by Crippen LogP contribution is 2.24. The van der Waals surface area contributed by atoms with Gasteiger partial charge < -0.3 is 19.9 Å². The van der Waals surface area contributed by atoms with Gasteiger partial charge in [-0.3, -0.25) is 9.59 Å². The molecule has 0 fully saturated rings. The molecular formula is C26H33N5O3S2. The van der Waals surface area contributed by atoms with E-state index in [0.717, 1.165) is 17.9 Å². The molecule has 0 radical (unpaired) electrons. The van der Waals surface area contributed by atoms with Crippen molar-refractivity contribution >= 4 is 41.0 Å². The number of hydrogen-bond acceptors (Lipinski definition) is 7. The van der Waals surface area contributed by atoms with Gasteiger partial charge in [0.15, 0.2) is 11.0 Å². The second kappa shape index (κ2) is 13.9. The van der Waals surface area contributed by atoms with Gasteiger partial charge in [-0.1, -0.05) is 30.8 Å². The molecular weight excluding hydrogens is 494 g/mol. The number of carbonyl (C=O) groups excluding carboxylic acids is 2. The van der Waals surface area contributed by atoms with Crippen LogP contribution in [0.2, 0.25) is 0 Å². The van der Waals surface area contributed by atoms with Gasteiger partial charge >= 0.3 is 0 Å². The third kappa shape index (κ3) is 7.51. The Bertz CT molecular complexity index is 1130. The van der Waals surface area contributed by atoms with Crippen molar-refractivity contribution in [2.24, 2.45) is 0 Å². The van der Waals surface area contributed by atoms with Crippen molar-refractivity contribution in [3.05, 3.63) is 65.5 Å². The Morgan fingerprint density at radius 1 is 1.06 bits per heavy atom. The molecule has 0 bridgehead atoms. The summed E-state index contributed by atoms with van der Waals surface area (Å²) in [4.78, 5) is 25.5. The standard InChI is InChI=1S/C26H33N5O3S2/c1-5-18-7-11-20(12-8-18)27-23(32)17-36-26-30-29-24(31(26)6-2)22(15-16-35-4)28-25(33)19-9-13-21(34-3)14-10-19/h7-14,22H,5-6,15-17H2,1-4H3,(H,27,32)(H,28,33)/t22-/m1/s1. The summed E-state index contributed by atoms with van der Waals surface area (Å²) in [5.74, 6) is 2.15. The number of ether oxygens (including phenoxy) is 1. The van der Waals surface area contributed by atoms with Gasteiger partial charge in [-0.15, -0.1) is 10.2 Å². The minimum absolute atomic E-state index is 0.108. The number of rotatable bonds is 13. The van der Waals surface area contributed by atoms with Gasteiger partial charge in [-0.05, 0) is 73.7 Å². The summed E-state index contributed by atoms with van der Waals surface area (Å²) in [6.07, 6.45) is 3.69. The number of methoxy groups -OCH3 is 1. The Hall–Kier alpha value is -2.98. The van der Waals surface area contributed by atoms with Crippen LogP contribution in [-0.4, -0.2) is 51.5 Å². The van der Waals surface area contributed by atoms with Crippen molar-refractivity contribution in [3.63, 3.8) is 0 Å². The van der Waals surface area contributed by atoms with E-state index >= 15 is 0 Å². The summed E-state index contributed by atoms with van der Waals surface area (Å²) in [6.45, 7) is 4.72. The highest BCUT2D eigenvalue weighted by Gasteiger charge is 2.23. The molecule has 1 atom stereocenters. The zero-order chi connectivity index (χ0) is 25.9. The number of amides is 2. The van der Waals surface area contributed by atoms with Crippen LogP contribution in [0.5, 0.6) is 5.75 Å². The summed E-state index contributed by atoms with van der Waals surface area (Å²) in [5, 5.41) is 15.4. The Kier molecular flexibility index (Phi) is 10.7. The fraction of sp³-hybridized carbons (Fsp3) is 0.385. The van der Waals surface area contributed by atoms with E-state index in [2.05, 4.69) is 27.8 Å². The van der Waals surface area contributed by atoms with E-state index in [-0.39, 0.29) is 23.6 Å². The Labute approximate surface area is 221 Å². The molecule has 2 aromatic carbocycles. The van der Waals surface area contributed by atoms with Crippen LogP contribution >= 0.6 is 23.5 Å². The molecule has 0 saturated heterocycles. The lowest BCUT2D eigenvalue weighted by molar-refractivity contribution is -0.113. The number of carbonyl (C=O) groups is 2. The number of nitrogens with zero attached hydrogens (tertiary/aromatic N) is 3. The number of aromatic nitrogens is 3. The van der Waals surface area contributed by atoms with E-state index in [9.17, 15) is 9.59 Å². The molecule has 3 rings (SSSR count). The molecule has 0 saturated carbocycles. The molecule has 8 nitrogen and oxygen atoms in total. The van der Waals surface area contributed by atoms with Crippen LogP contribution in [0.3, 0.4) is 0 Å². The zero-order valence-electron chi connectivity index (χ0n) is 21.1. The van der Waals surface area contributed by atoms with Gasteiger partial charge in [0, 0.05) is 17.8 Å². The van der Waals surface area contributed by atoms with E-state index < -0.39 is 0 Å². The van der Waals surface area contributed by atoms with Crippen LogP contribution in [0.4, 0.5) is 5.69 Å². The molecule has 0 aliphatic carbocycles. The summed E-state index contributed by atoms with van der Waals surface area (Å²) in [6, 6.07) is 14.5. The van der Waals surface area contributed by atoms with Gasteiger partial charge in [-0.25, -0.2) is 0 Å². The number of nitrogens with one attached hydrogen (secondary N) is 2. The van der Waals surface area contributed by atoms with Gasteiger partial charge in [0.2, 0.25) is 5.91 Å². The Morgan fingerprint density at radius 2 is 1.78 bits per heavy atom. The first-order chi connectivity index (χ1) is 17.5. The average molecular weight is 528 g/mol. The van der Waals surface area contributed by atoms with Crippen LogP contribution in [0.15, 0.2) is 53.7 Å². The molecule has 0 unspecified atom stereocenters. The van der Waals surface area contributed by atoms with Crippen LogP contribution < -0.4 is 15.4 Å². The molecule has 1 heterocycles. The van der Waals surface area contributed by atoms with Crippen LogP contribution in [0.25, 0.3) is 0 Å². The first kappa shape index (κ1) is 27.6. The summed E-state index contributed by atoms with van der Waals surface area (Å²) in [7, 11) is 1.59. The Morgan fingerprint density at radius 3 is 2.39 bits per heavy atom. The second-order valence-electron chi connectivity index (χ2n) is 8.01. The molecule has 2 amide bonds. The molecule has 192 valence electrons. The lowest BCUT2D eigenvalue weighted by Gasteiger charge is -2.19. The van der Waals surface area contributed by atoms with Gasteiger partial charge in [-0.2, -0.15) is 11.8 Å². The SMILES string of the molecule is CCc1ccc(NC(=O)CSc2nnc([C@@H](CCSC)NC(=O)c3ccc(OC)cc3)n2CC)cc1. The van der Waals surface area contributed by atoms with Gasteiger partial charge in [0.05, 0.1) is 18.9 Å². The molecule has 0 spiro atoms. The average Bonchev–Trinajstić information content (AvgIpc) is 3.33. The highest BCUT2D eigenvalue weighted by molar-refractivity contribution is 7.99. The smallest absolute Gasteiger partial charge is 0.251 e. The number of hydrogen-bond donors (Lipinski definition) is 2. The highest BCUT2D eigenvalue weighted by atomic mass is 32.2. The monoisotopic (exact) mass is 527 g/mol. The number of aryl methyl sites for hydroxylation is 1. The molecule has 36 heavy (non-hydrogen) atoms. The molecule has 2 N–H and O–H groups in total. The van der Waals surface area contributed by atoms with Gasteiger partial charge in [0.1, 0.15) is 5.75 Å². The Balaban J connectivity index is 1.68. The van der Waals surface area contributed by atoms with E-state index in [4.69, 9.17) is 4.74 Å². The summed E-state index contributed by atoms with van der Waals surface area (Å²) >= 11 is 3.04. The van der Waals surface area contributed by atoms with Crippen molar-refractivity contribution in [3.8, 4) is 5.75 Å². The number of benzene rings is 2.